The number of hydrogen-bond acceptors (Lipinski definition) is 1. The predicted octanol–water partition coefficient (Wildman–Crippen LogP) is 2.15. The fourth-order valence-electron chi connectivity index (χ4n) is 1.82. The van der Waals surface area contributed by atoms with Crippen molar-refractivity contribution in [3.05, 3.63) is 48.0 Å². The smallest absolute Gasteiger partial charge is 0.408 e. The minimum absolute atomic E-state index is 0.00935. The Hall–Kier alpha value is -1.77. The van der Waals surface area contributed by atoms with E-state index >= 15 is 0 Å². The number of hydrogen-bond donors (Lipinski definition) is 1. The van der Waals surface area contributed by atoms with Crippen LogP contribution in [0.5, 0.6) is 0 Å². The van der Waals surface area contributed by atoms with Crippen LogP contribution in [0.1, 0.15) is 5.56 Å². The normalized spacial score (nSPS) is 19.5. The van der Waals surface area contributed by atoms with E-state index < -0.39 is 6.09 Å². The van der Waals surface area contributed by atoms with Gasteiger partial charge in [-0.2, -0.15) is 0 Å². The predicted molar refractivity (Wildman–Crippen MR) is 57.8 cm³/mol. The molecular weight excluding hydrogens is 190 g/mol. The van der Waals surface area contributed by atoms with Crippen LogP contribution in [0.25, 0.3) is 0 Å². The number of rotatable bonds is 2. The van der Waals surface area contributed by atoms with Crippen molar-refractivity contribution >= 4 is 6.09 Å². The van der Waals surface area contributed by atoms with Crippen LogP contribution < -0.4 is 0 Å². The van der Waals surface area contributed by atoms with Crippen molar-refractivity contribution < 1.29 is 9.90 Å². The Morgan fingerprint density at radius 3 is 2.80 bits per heavy atom. The van der Waals surface area contributed by atoms with Gasteiger partial charge in [0.05, 0.1) is 6.04 Å². The summed E-state index contributed by atoms with van der Waals surface area (Å²) >= 11 is 0. The summed E-state index contributed by atoms with van der Waals surface area (Å²) in [5, 5.41) is 8.95. The number of benzene rings is 1. The molecule has 0 saturated carbocycles. The van der Waals surface area contributed by atoms with Crippen LogP contribution in [0, 0.1) is 0 Å². The molecule has 3 heteroatoms. The molecule has 0 aromatic heterocycles. The lowest BCUT2D eigenvalue weighted by molar-refractivity contribution is 0.144. The van der Waals surface area contributed by atoms with Crippen molar-refractivity contribution in [2.45, 2.75) is 12.5 Å². The second-order valence-corrected chi connectivity index (χ2v) is 3.62. The zero-order valence-electron chi connectivity index (χ0n) is 8.34. The Morgan fingerprint density at radius 1 is 1.40 bits per heavy atom. The molecule has 0 aliphatic carbocycles. The first-order valence-electron chi connectivity index (χ1n) is 4.97. The molecular formula is C12H13NO2. The molecule has 1 unspecified atom stereocenters. The minimum atomic E-state index is -0.846. The van der Waals surface area contributed by atoms with Crippen LogP contribution in [0.15, 0.2) is 42.5 Å². The summed E-state index contributed by atoms with van der Waals surface area (Å²) in [4.78, 5) is 12.3. The summed E-state index contributed by atoms with van der Waals surface area (Å²) in [6.07, 6.45) is 3.77. The molecule has 0 fully saturated rings. The average Bonchev–Trinajstić information content (AvgIpc) is 2.67. The van der Waals surface area contributed by atoms with E-state index in [1.165, 1.54) is 10.5 Å². The van der Waals surface area contributed by atoms with Crippen LogP contribution in [-0.2, 0) is 6.42 Å². The molecule has 1 amide bonds. The van der Waals surface area contributed by atoms with Crippen molar-refractivity contribution in [1.82, 2.24) is 4.90 Å². The third-order valence-corrected chi connectivity index (χ3v) is 2.59. The Kier molecular flexibility index (Phi) is 2.72. The van der Waals surface area contributed by atoms with Gasteiger partial charge >= 0.3 is 6.09 Å². The van der Waals surface area contributed by atoms with Crippen molar-refractivity contribution in [3.63, 3.8) is 0 Å². The topological polar surface area (TPSA) is 40.5 Å². The maximum atomic E-state index is 10.9. The van der Waals surface area contributed by atoms with Crippen LogP contribution in [0.2, 0.25) is 0 Å². The summed E-state index contributed by atoms with van der Waals surface area (Å²) in [7, 11) is 0. The minimum Gasteiger partial charge on any atom is -0.465 e. The van der Waals surface area contributed by atoms with Crippen molar-refractivity contribution in [2.75, 3.05) is 6.54 Å². The third kappa shape index (κ3) is 2.18. The zero-order chi connectivity index (χ0) is 10.7. The molecule has 0 spiro atoms. The Bertz CT molecular complexity index is 372. The fourth-order valence-corrected chi connectivity index (χ4v) is 1.82. The quantitative estimate of drug-likeness (QED) is 0.748. The van der Waals surface area contributed by atoms with Gasteiger partial charge < -0.3 is 5.11 Å². The molecule has 1 heterocycles. The van der Waals surface area contributed by atoms with Crippen LogP contribution >= 0.6 is 0 Å². The van der Waals surface area contributed by atoms with E-state index in [2.05, 4.69) is 0 Å². The second-order valence-electron chi connectivity index (χ2n) is 3.62. The van der Waals surface area contributed by atoms with Gasteiger partial charge in [0.25, 0.3) is 0 Å². The van der Waals surface area contributed by atoms with E-state index in [0.717, 1.165) is 6.42 Å². The molecule has 1 N–H and O–H groups in total. The van der Waals surface area contributed by atoms with E-state index in [4.69, 9.17) is 5.11 Å². The van der Waals surface area contributed by atoms with Gasteiger partial charge in [0, 0.05) is 6.54 Å². The molecule has 0 radical (unpaired) electrons. The van der Waals surface area contributed by atoms with Gasteiger partial charge in [0.2, 0.25) is 0 Å². The maximum Gasteiger partial charge on any atom is 0.408 e. The van der Waals surface area contributed by atoms with Gasteiger partial charge in [0.1, 0.15) is 0 Å². The number of carbonyl (C=O) groups is 1. The maximum absolute atomic E-state index is 10.9. The monoisotopic (exact) mass is 203 g/mol. The highest BCUT2D eigenvalue weighted by Gasteiger charge is 2.23. The van der Waals surface area contributed by atoms with Gasteiger partial charge in [-0.15, -0.1) is 0 Å². The van der Waals surface area contributed by atoms with Crippen LogP contribution in [0.4, 0.5) is 4.79 Å². The molecule has 1 aromatic carbocycles. The van der Waals surface area contributed by atoms with E-state index in [0.29, 0.717) is 6.54 Å². The SMILES string of the molecule is O=C(O)N1CC=CC1Cc1ccccc1. The van der Waals surface area contributed by atoms with Crippen molar-refractivity contribution in [3.8, 4) is 0 Å². The van der Waals surface area contributed by atoms with E-state index in [9.17, 15) is 4.79 Å². The number of amides is 1. The molecule has 0 bridgehead atoms. The van der Waals surface area contributed by atoms with Crippen molar-refractivity contribution in [1.29, 1.82) is 0 Å². The summed E-state index contributed by atoms with van der Waals surface area (Å²) in [6, 6.07) is 9.93. The highest BCUT2D eigenvalue weighted by molar-refractivity contribution is 5.66. The highest BCUT2D eigenvalue weighted by Crippen LogP contribution is 2.15. The molecule has 1 aliphatic rings. The van der Waals surface area contributed by atoms with Gasteiger partial charge in [-0.25, -0.2) is 4.79 Å². The Balaban J connectivity index is 2.06. The van der Waals surface area contributed by atoms with Crippen LogP contribution in [-0.4, -0.2) is 28.7 Å². The Labute approximate surface area is 88.6 Å². The fraction of sp³-hybridized carbons (Fsp3) is 0.250. The molecule has 3 nitrogen and oxygen atoms in total. The highest BCUT2D eigenvalue weighted by atomic mass is 16.4. The summed E-state index contributed by atoms with van der Waals surface area (Å²) in [5.41, 5.74) is 1.17. The van der Waals surface area contributed by atoms with E-state index in [1.807, 2.05) is 42.5 Å². The lowest BCUT2D eigenvalue weighted by Crippen LogP contribution is -2.36. The van der Waals surface area contributed by atoms with E-state index in [1.54, 1.807) is 0 Å². The van der Waals surface area contributed by atoms with Gasteiger partial charge in [-0.05, 0) is 12.0 Å². The molecule has 1 aromatic rings. The summed E-state index contributed by atoms with van der Waals surface area (Å²) < 4.78 is 0. The third-order valence-electron chi connectivity index (χ3n) is 2.59. The number of nitrogens with zero attached hydrogens (tertiary/aromatic N) is 1. The lowest BCUT2D eigenvalue weighted by atomic mass is 10.1. The number of carboxylic acid groups (broad SMARTS) is 1. The van der Waals surface area contributed by atoms with Gasteiger partial charge in [-0.1, -0.05) is 42.5 Å². The van der Waals surface area contributed by atoms with Gasteiger partial charge in [-0.3, -0.25) is 4.90 Å². The van der Waals surface area contributed by atoms with Gasteiger partial charge in [0.15, 0.2) is 0 Å². The second kappa shape index (κ2) is 4.17. The largest absolute Gasteiger partial charge is 0.465 e. The first-order valence-corrected chi connectivity index (χ1v) is 4.97. The molecule has 78 valence electrons. The van der Waals surface area contributed by atoms with E-state index in [-0.39, 0.29) is 6.04 Å². The summed E-state index contributed by atoms with van der Waals surface area (Å²) in [6.45, 7) is 0.507. The Morgan fingerprint density at radius 2 is 2.13 bits per heavy atom. The molecule has 15 heavy (non-hydrogen) atoms. The standard InChI is InChI=1S/C12H13NO2/c14-12(15)13-8-4-7-11(13)9-10-5-2-1-3-6-10/h1-7,11H,8-9H2,(H,14,15). The first kappa shape index (κ1) is 9.77. The van der Waals surface area contributed by atoms with Crippen molar-refractivity contribution in [2.24, 2.45) is 0 Å². The molecule has 1 aliphatic heterocycles. The lowest BCUT2D eigenvalue weighted by Gasteiger charge is -2.21. The average molecular weight is 203 g/mol. The zero-order valence-corrected chi connectivity index (χ0v) is 8.34. The molecule has 0 saturated heterocycles. The first-order chi connectivity index (χ1) is 7.27. The molecule has 2 rings (SSSR count). The summed E-state index contributed by atoms with van der Waals surface area (Å²) in [5.74, 6) is 0. The van der Waals surface area contributed by atoms with Crippen LogP contribution in [0.3, 0.4) is 0 Å². The molecule has 1 atom stereocenters.